The van der Waals surface area contributed by atoms with Gasteiger partial charge in [-0.2, -0.15) is 0 Å². The molecule has 0 bridgehead atoms. The number of rotatable bonds is 0. The maximum Gasteiger partial charge on any atom is 0.160 e. The van der Waals surface area contributed by atoms with E-state index < -0.39 is 0 Å². The lowest BCUT2D eigenvalue weighted by Crippen LogP contribution is -2.55. The second-order valence-corrected chi connectivity index (χ2v) is 4.16. The Hall–Kier alpha value is -1.29. The molecule has 1 aromatic heterocycles. The van der Waals surface area contributed by atoms with E-state index in [0.717, 1.165) is 37.7 Å². The second-order valence-electron chi connectivity index (χ2n) is 4.16. The number of anilines is 1. The summed E-state index contributed by atoms with van der Waals surface area (Å²) in [6.07, 6.45) is 1.84. The molecule has 1 aromatic rings. The van der Waals surface area contributed by atoms with Crippen LogP contribution < -0.4 is 15.0 Å². The van der Waals surface area contributed by atoms with Crippen LogP contribution in [-0.2, 0) is 0 Å². The van der Waals surface area contributed by atoms with Crippen molar-refractivity contribution in [3.05, 3.63) is 18.0 Å². The lowest BCUT2D eigenvalue weighted by Gasteiger charge is -2.41. The molecule has 3 rings (SSSR count). The van der Waals surface area contributed by atoms with Crippen molar-refractivity contribution < 1.29 is 4.74 Å². The third-order valence-corrected chi connectivity index (χ3v) is 3.07. The zero-order valence-corrected chi connectivity index (χ0v) is 8.86. The molecular formula is C11H15N3O. The average Bonchev–Trinajstić information content (AvgIpc) is 2.29. The first kappa shape index (κ1) is 8.97. The minimum absolute atomic E-state index is 0.480. The van der Waals surface area contributed by atoms with E-state index in [4.69, 9.17) is 4.74 Å². The molecule has 1 fully saturated rings. The summed E-state index contributed by atoms with van der Waals surface area (Å²) in [6, 6.07) is 2.60. The Kier molecular flexibility index (Phi) is 2.02. The summed E-state index contributed by atoms with van der Waals surface area (Å²) in [5.41, 5.74) is 2.26. The lowest BCUT2D eigenvalue weighted by atomic mass is 10.1. The number of hydrogen-bond acceptors (Lipinski definition) is 4. The Bertz CT molecular complexity index is 380. The fraction of sp³-hybridized carbons (Fsp3) is 0.545. The molecule has 2 aliphatic heterocycles. The van der Waals surface area contributed by atoms with Crippen molar-refractivity contribution in [1.82, 2.24) is 10.3 Å². The molecule has 0 aliphatic carbocycles. The van der Waals surface area contributed by atoms with Crippen LogP contribution >= 0.6 is 0 Å². The molecule has 0 spiro atoms. The number of hydrogen-bond donors (Lipinski definition) is 1. The van der Waals surface area contributed by atoms with Crippen LogP contribution in [0.1, 0.15) is 5.69 Å². The summed E-state index contributed by atoms with van der Waals surface area (Å²) in [4.78, 5) is 6.70. The molecule has 1 atom stereocenters. The number of aromatic nitrogens is 1. The summed E-state index contributed by atoms with van der Waals surface area (Å²) in [7, 11) is 0. The quantitative estimate of drug-likeness (QED) is 0.671. The Morgan fingerprint density at radius 1 is 1.60 bits per heavy atom. The largest absolute Gasteiger partial charge is 0.488 e. The van der Waals surface area contributed by atoms with Gasteiger partial charge in [0.1, 0.15) is 6.61 Å². The van der Waals surface area contributed by atoms with Crippen molar-refractivity contribution in [3.63, 3.8) is 0 Å². The molecular weight excluding hydrogens is 190 g/mol. The van der Waals surface area contributed by atoms with Crippen molar-refractivity contribution in [1.29, 1.82) is 0 Å². The van der Waals surface area contributed by atoms with E-state index in [-0.39, 0.29) is 0 Å². The molecule has 1 saturated heterocycles. The average molecular weight is 205 g/mol. The molecule has 15 heavy (non-hydrogen) atoms. The van der Waals surface area contributed by atoms with Gasteiger partial charge in [0, 0.05) is 25.3 Å². The molecule has 0 amide bonds. The minimum atomic E-state index is 0.480. The van der Waals surface area contributed by atoms with Crippen molar-refractivity contribution in [2.75, 3.05) is 31.1 Å². The van der Waals surface area contributed by atoms with Gasteiger partial charge < -0.3 is 15.0 Å². The Balaban J connectivity index is 2.01. The van der Waals surface area contributed by atoms with E-state index in [0.29, 0.717) is 6.04 Å². The van der Waals surface area contributed by atoms with E-state index in [1.165, 1.54) is 5.69 Å². The molecule has 4 heteroatoms. The Labute approximate surface area is 89.3 Å². The van der Waals surface area contributed by atoms with Gasteiger partial charge in [0.15, 0.2) is 5.75 Å². The Morgan fingerprint density at radius 2 is 2.53 bits per heavy atom. The van der Waals surface area contributed by atoms with Crippen LogP contribution in [0.5, 0.6) is 5.75 Å². The highest BCUT2D eigenvalue weighted by molar-refractivity contribution is 5.60. The number of pyridine rings is 1. The zero-order valence-electron chi connectivity index (χ0n) is 8.86. The normalized spacial score (nSPS) is 24.1. The van der Waals surface area contributed by atoms with Crippen LogP contribution in [0.3, 0.4) is 0 Å². The molecule has 1 unspecified atom stereocenters. The predicted molar refractivity (Wildman–Crippen MR) is 58.5 cm³/mol. The summed E-state index contributed by atoms with van der Waals surface area (Å²) in [5, 5.41) is 3.39. The molecule has 3 heterocycles. The van der Waals surface area contributed by atoms with Gasteiger partial charge in [-0.3, -0.25) is 4.98 Å². The fourth-order valence-electron chi connectivity index (χ4n) is 2.28. The van der Waals surface area contributed by atoms with E-state index in [2.05, 4.69) is 21.3 Å². The number of nitrogens with zero attached hydrogens (tertiary/aromatic N) is 2. The molecule has 2 aliphatic rings. The van der Waals surface area contributed by atoms with E-state index in [1.54, 1.807) is 0 Å². The highest BCUT2D eigenvalue weighted by Crippen LogP contribution is 2.33. The van der Waals surface area contributed by atoms with Crippen molar-refractivity contribution in [2.45, 2.75) is 13.0 Å². The molecule has 0 radical (unpaired) electrons. The molecule has 1 N–H and O–H groups in total. The highest BCUT2D eigenvalue weighted by atomic mass is 16.5. The van der Waals surface area contributed by atoms with Crippen LogP contribution in [0.2, 0.25) is 0 Å². The number of piperazine rings is 1. The molecule has 80 valence electrons. The summed E-state index contributed by atoms with van der Waals surface area (Å²) in [6.45, 7) is 5.92. The zero-order chi connectivity index (χ0) is 10.3. The van der Waals surface area contributed by atoms with Gasteiger partial charge in [-0.15, -0.1) is 0 Å². The number of ether oxygens (including phenoxy) is 1. The minimum Gasteiger partial charge on any atom is -0.488 e. The van der Waals surface area contributed by atoms with Crippen molar-refractivity contribution in [3.8, 4) is 5.75 Å². The van der Waals surface area contributed by atoms with E-state index >= 15 is 0 Å². The maximum absolute atomic E-state index is 5.70. The van der Waals surface area contributed by atoms with Crippen LogP contribution in [-0.4, -0.2) is 37.3 Å². The predicted octanol–water partition coefficient (Wildman–Crippen LogP) is 0.561. The molecule has 0 aromatic carbocycles. The molecule has 0 saturated carbocycles. The lowest BCUT2D eigenvalue weighted by molar-refractivity contribution is 0.246. The number of aryl methyl sites for hydroxylation is 1. The second kappa shape index (κ2) is 3.38. The van der Waals surface area contributed by atoms with Crippen LogP contribution in [0, 0.1) is 6.92 Å². The molecule has 4 nitrogen and oxygen atoms in total. The van der Waals surface area contributed by atoms with Gasteiger partial charge in [-0.25, -0.2) is 0 Å². The van der Waals surface area contributed by atoms with E-state index in [9.17, 15) is 0 Å². The smallest absolute Gasteiger partial charge is 0.160 e. The SMILES string of the molecule is Cc1cc2c(cn1)OCC1CNCCN21. The number of fused-ring (bicyclic) bond motifs is 3. The summed E-state index contributed by atoms with van der Waals surface area (Å²) in [5.74, 6) is 0.929. The van der Waals surface area contributed by atoms with Crippen LogP contribution in [0.15, 0.2) is 12.3 Å². The highest BCUT2D eigenvalue weighted by Gasteiger charge is 2.29. The number of nitrogens with one attached hydrogen (secondary N) is 1. The van der Waals surface area contributed by atoms with Crippen molar-refractivity contribution >= 4 is 5.69 Å². The topological polar surface area (TPSA) is 37.4 Å². The third kappa shape index (κ3) is 1.45. The Morgan fingerprint density at radius 3 is 3.47 bits per heavy atom. The van der Waals surface area contributed by atoms with Crippen LogP contribution in [0.25, 0.3) is 0 Å². The fourth-order valence-corrected chi connectivity index (χ4v) is 2.28. The standard InChI is InChI=1S/C11H15N3O/c1-8-4-10-11(6-13-8)15-7-9-5-12-2-3-14(9)10/h4,6,9,12H,2-3,5,7H2,1H3. The maximum atomic E-state index is 5.70. The first-order valence-corrected chi connectivity index (χ1v) is 5.41. The summed E-state index contributed by atoms with van der Waals surface area (Å²) >= 11 is 0. The van der Waals surface area contributed by atoms with Gasteiger partial charge in [-0.05, 0) is 13.0 Å². The monoisotopic (exact) mass is 205 g/mol. The van der Waals surface area contributed by atoms with Gasteiger partial charge in [-0.1, -0.05) is 0 Å². The summed E-state index contributed by atoms with van der Waals surface area (Å²) < 4.78 is 5.70. The van der Waals surface area contributed by atoms with Gasteiger partial charge in [0.25, 0.3) is 0 Å². The van der Waals surface area contributed by atoms with E-state index in [1.807, 2.05) is 13.1 Å². The third-order valence-electron chi connectivity index (χ3n) is 3.07. The van der Waals surface area contributed by atoms with Crippen molar-refractivity contribution in [2.24, 2.45) is 0 Å². The van der Waals surface area contributed by atoms with Gasteiger partial charge in [0.2, 0.25) is 0 Å². The first-order valence-electron chi connectivity index (χ1n) is 5.41. The first-order chi connectivity index (χ1) is 7.34. The van der Waals surface area contributed by atoms with Gasteiger partial charge in [0.05, 0.1) is 17.9 Å². The van der Waals surface area contributed by atoms with Crippen LogP contribution in [0.4, 0.5) is 5.69 Å². The van der Waals surface area contributed by atoms with Gasteiger partial charge >= 0.3 is 0 Å².